The Morgan fingerprint density at radius 3 is 2.51 bits per heavy atom. The summed E-state index contributed by atoms with van der Waals surface area (Å²) in [6, 6.07) is 11.0. The molecule has 11 nitrogen and oxygen atoms in total. The largest absolute Gasteiger partial charge is 0.458 e. The molecule has 4 aromatic rings. The number of rotatable bonds is 6. The van der Waals surface area contributed by atoms with Crippen LogP contribution in [0.4, 0.5) is 11.5 Å². The fourth-order valence-electron chi connectivity index (χ4n) is 4.96. The zero-order valence-electron chi connectivity index (χ0n) is 25.4. The van der Waals surface area contributed by atoms with Gasteiger partial charge in [0.25, 0.3) is 11.8 Å². The second-order valence-corrected chi connectivity index (χ2v) is 11.8. The molecule has 1 saturated heterocycles. The van der Waals surface area contributed by atoms with Crippen LogP contribution in [0.25, 0.3) is 22.1 Å². The standard InChI is InChI=1S/C32H37N7O4/c1-7-33-30(41)24-11-9-20(18-34-24)22-16-21(10-8-19(22)2)35-31(42)27-28-23(17-25(43-28)32(3,4)5)29(37-36-27)39-13-12-26(40)38(6)14-15-39/h8-11,16-18H,7,12-15H2,1-6H3,(H,33,41)(H,35,42). The van der Waals surface area contributed by atoms with Crippen molar-refractivity contribution in [3.05, 3.63) is 65.3 Å². The highest BCUT2D eigenvalue weighted by Crippen LogP contribution is 2.35. The topological polar surface area (TPSA) is 134 Å². The number of fused-ring (bicyclic) bond motifs is 1. The molecule has 0 unspecified atom stereocenters. The molecule has 1 aliphatic rings. The van der Waals surface area contributed by atoms with E-state index >= 15 is 0 Å². The van der Waals surface area contributed by atoms with E-state index in [2.05, 4.69) is 25.8 Å². The van der Waals surface area contributed by atoms with Gasteiger partial charge in [-0.05, 0) is 49.2 Å². The number of hydrogen-bond donors (Lipinski definition) is 2. The number of aromatic nitrogens is 3. The highest BCUT2D eigenvalue weighted by molar-refractivity contribution is 6.11. The van der Waals surface area contributed by atoms with E-state index in [1.165, 1.54) is 0 Å². The van der Waals surface area contributed by atoms with Crippen molar-refractivity contribution in [2.45, 2.75) is 46.5 Å². The third-order valence-corrected chi connectivity index (χ3v) is 7.55. The average Bonchev–Trinajstić information content (AvgIpc) is 3.37. The van der Waals surface area contributed by atoms with Gasteiger partial charge in [0.1, 0.15) is 11.5 Å². The van der Waals surface area contributed by atoms with Gasteiger partial charge in [-0.2, -0.15) is 0 Å². The lowest BCUT2D eigenvalue weighted by Gasteiger charge is -2.21. The molecule has 1 aromatic carbocycles. The molecule has 0 radical (unpaired) electrons. The molecule has 11 heteroatoms. The van der Waals surface area contributed by atoms with Gasteiger partial charge in [-0.25, -0.2) is 0 Å². The van der Waals surface area contributed by atoms with Crippen LogP contribution in [0.5, 0.6) is 0 Å². The van der Waals surface area contributed by atoms with E-state index in [0.29, 0.717) is 66.5 Å². The minimum atomic E-state index is -0.454. The van der Waals surface area contributed by atoms with Crippen LogP contribution in [0.1, 0.15) is 66.4 Å². The van der Waals surface area contributed by atoms with Gasteiger partial charge >= 0.3 is 0 Å². The quantitative estimate of drug-likeness (QED) is 0.338. The number of pyridine rings is 1. The Morgan fingerprint density at radius 2 is 1.81 bits per heavy atom. The normalized spacial score (nSPS) is 14.1. The zero-order valence-corrected chi connectivity index (χ0v) is 25.4. The molecule has 1 aliphatic heterocycles. The first-order valence-corrected chi connectivity index (χ1v) is 14.4. The number of carbonyl (C=O) groups excluding carboxylic acids is 3. The van der Waals surface area contributed by atoms with Crippen LogP contribution in [0, 0.1) is 6.92 Å². The van der Waals surface area contributed by atoms with Crippen LogP contribution in [0.15, 0.2) is 47.0 Å². The number of benzene rings is 1. The van der Waals surface area contributed by atoms with Crippen molar-refractivity contribution in [3.8, 4) is 11.1 Å². The summed E-state index contributed by atoms with van der Waals surface area (Å²) in [4.78, 5) is 46.1. The van der Waals surface area contributed by atoms with Crippen molar-refractivity contribution in [2.24, 2.45) is 0 Å². The Labute approximate surface area is 250 Å². The van der Waals surface area contributed by atoms with Crippen LogP contribution in [-0.4, -0.2) is 71.0 Å². The maximum Gasteiger partial charge on any atom is 0.280 e. The number of aryl methyl sites for hydroxylation is 1. The number of amides is 3. The second-order valence-electron chi connectivity index (χ2n) is 11.8. The molecule has 0 bridgehead atoms. The number of nitrogens with one attached hydrogen (secondary N) is 2. The molecule has 224 valence electrons. The van der Waals surface area contributed by atoms with E-state index in [0.717, 1.165) is 16.7 Å². The fraction of sp³-hybridized carbons (Fsp3) is 0.375. The Hall–Kier alpha value is -4.80. The Morgan fingerprint density at radius 1 is 1.02 bits per heavy atom. The fourth-order valence-corrected chi connectivity index (χ4v) is 4.96. The SMILES string of the molecule is CCNC(=O)c1ccc(-c2cc(NC(=O)c3nnc(N4CCC(=O)N(C)CC4)c4cc(C(C)(C)C)oc34)ccc2C)cn1. The first-order chi connectivity index (χ1) is 20.5. The monoisotopic (exact) mass is 583 g/mol. The molecule has 4 heterocycles. The zero-order chi connectivity index (χ0) is 30.9. The number of carbonyl (C=O) groups is 3. The summed E-state index contributed by atoms with van der Waals surface area (Å²) < 4.78 is 6.28. The van der Waals surface area contributed by atoms with Crippen molar-refractivity contribution < 1.29 is 18.8 Å². The van der Waals surface area contributed by atoms with Gasteiger partial charge in [0.05, 0.1) is 5.39 Å². The molecule has 0 saturated carbocycles. The van der Waals surface area contributed by atoms with Gasteiger partial charge < -0.3 is 24.9 Å². The lowest BCUT2D eigenvalue weighted by Crippen LogP contribution is -2.30. The average molecular weight is 584 g/mol. The molecule has 0 atom stereocenters. The van der Waals surface area contributed by atoms with Gasteiger partial charge in [-0.3, -0.25) is 19.4 Å². The first kappa shape index (κ1) is 29.7. The number of hydrogen-bond acceptors (Lipinski definition) is 8. The highest BCUT2D eigenvalue weighted by atomic mass is 16.3. The van der Waals surface area contributed by atoms with Crippen molar-refractivity contribution in [1.29, 1.82) is 0 Å². The van der Waals surface area contributed by atoms with Crippen LogP contribution in [0.3, 0.4) is 0 Å². The summed E-state index contributed by atoms with van der Waals surface area (Å²) in [6.45, 7) is 12.1. The number of anilines is 2. The van der Waals surface area contributed by atoms with Crippen LogP contribution in [0.2, 0.25) is 0 Å². The van der Waals surface area contributed by atoms with Gasteiger partial charge in [-0.15, -0.1) is 10.2 Å². The van der Waals surface area contributed by atoms with Gasteiger partial charge in [0, 0.05) is 62.5 Å². The predicted octanol–water partition coefficient (Wildman–Crippen LogP) is 4.56. The van der Waals surface area contributed by atoms with E-state index in [-0.39, 0.29) is 22.9 Å². The molecule has 3 aromatic heterocycles. The summed E-state index contributed by atoms with van der Waals surface area (Å²) in [6.07, 6.45) is 2.02. The number of nitrogens with zero attached hydrogens (tertiary/aromatic N) is 5. The summed E-state index contributed by atoms with van der Waals surface area (Å²) in [7, 11) is 1.80. The van der Waals surface area contributed by atoms with Crippen LogP contribution < -0.4 is 15.5 Å². The lowest BCUT2D eigenvalue weighted by atomic mass is 9.93. The highest BCUT2D eigenvalue weighted by Gasteiger charge is 2.28. The van der Waals surface area contributed by atoms with Crippen LogP contribution in [-0.2, 0) is 10.2 Å². The smallest absolute Gasteiger partial charge is 0.280 e. The molecule has 1 fully saturated rings. The molecule has 0 spiro atoms. The van der Waals surface area contributed by atoms with E-state index in [4.69, 9.17) is 4.42 Å². The number of furan rings is 1. The Bertz CT molecular complexity index is 1690. The van der Waals surface area contributed by atoms with Gasteiger partial charge in [0.15, 0.2) is 17.1 Å². The molecule has 43 heavy (non-hydrogen) atoms. The second kappa shape index (κ2) is 11.8. The van der Waals surface area contributed by atoms with Crippen molar-refractivity contribution in [3.63, 3.8) is 0 Å². The van der Waals surface area contributed by atoms with Gasteiger partial charge in [0.2, 0.25) is 5.91 Å². The maximum absolute atomic E-state index is 13.6. The van der Waals surface area contributed by atoms with Gasteiger partial charge in [-0.1, -0.05) is 32.9 Å². The van der Waals surface area contributed by atoms with E-state index in [9.17, 15) is 14.4 Å². The number of likely N-dealkylation sites (N-methyl/N-ethyl adjacent to an activating group) is 1. The lowest BCUT2D eigenvalue weighted by molar-refractivity contribution is -0.129. The molecular formula is C32H37N7O4. The molecule has 5 rings (SSSR count). The summed E-state index contributed by atoms with van der Waals surface area (Å²) in [5.41, 5.74) is 3.69. The molecule has 2 N–H and O–H groups in total. The van der Waals surface area contributed by atoms with E-state index < -0.39 is 5.91 Å². The van der Waals surface area contributed by atoms with E-state index in [1.54, 1.807) is 24.2 Å². The molecular weight excluding hydrogens is 546 g/mol. The van der Waals surface area contributed by atoms with Crippen LogP contribution >= 0.6 is 0 Å². The van der Waals surface area contributed by atoms with E-state index in [1.807, 2.05) is 69.9 Å². The maximum atomic E-state index is 13.6. The third kappa shape index (κ3) is 6.20. The minimum Gasteiger partial charge on any atom is -0.458 e. The van der Waals surface area contributed by atoms with Crippen molar-refractivity contribution >= 4 is 40.2 Å². The summed E-state index contributed by atoms with van der Waals surface area (Å²) in [5, 5.41) is 15.2. The molecule has 0 aliphatic carbocycles. The van der Waals surface area contributed by atoms with Crippen molar-refractivity contribution in [1.82, 2.24) is 25.4 Å². The minimum absolute atomic E-state index is 0.0762. The third-order valence-electron chi connectivity index (χ3n) is 7.55. The molecule has 3 amide bonds. The summed E-state index contributed by atoms with van der Waals surface area (Å²) >= 11 is 0. The Kier molecular flexibility index (Phi) is 8.16. The first-order valence-electron chi connectivity index (χ1n) is 14.4. The van der Waals surface area contributed by atoms with Crippen molar-refractivity contribution in [2.75, 3.05) is 43.4 Å². The Balaban J connectivity index is 1.46. The predicted molar refractivity (Wildman–Crippen MR) is 165 cm³/mol. The summed E-state index contributed by atoms with van der Waals surface area (Å²) in [5.74, 6) is 0.696.